The van der Waals surface area contributed by atoms with Crippen molar-refractivity contribution in [3.8, 4) is 0 Å². The molecule has 2 rings (SSSR count). The smallest absolute Gasteiger partial charge is 0.321 e. The van der Waals surface area contributed by atoms with E-state index in [1.807, 2.05) is 0 Å². The lowest BCUT2D eigenvalue weighted by atomic mass is 10.3. The Labute approximate surface area is 109 Å². The van der Waals surface area contributed by atoms with E-state index >= 15 is 0 Å². The Morgan fingerprint density at radius 3 is 2.76 bits per heavy atom. The van der Waals surface area contributed by atoms with Gasteiger partial charge in [-0.1, -0.05) is 11.6 Å². The largest absolute Gasteiger partial charge is 0.323 e. The van der Waals surface area contributed by atoms with Crippen LogP contribution in [0.4, 0.5) is 5.69 Å². The van der Waals surface area contributed by atoms with Crippen molar-refractivity contribution in [1.82, 2.24) is 9.97 Å². The van der Waals surface area contributed by atoms with Crippen molar-refractivity contribution in [3.63, 3.8) is 0 Å². The standard InChI is InChI=1S/C10H7BrClN3O2/c11-6-2-1-5(3-7(6)12)14-9(16)8-4-13-10(17)15-8/h1-4H,(H,14,16)(H2,13,15,17). The Balaban J connectivity index is 2.18. The maximum atomic E-state index is 11.7. The third kappa shape index (κ3) is 2.78. The highest BCUT2D eigenvalue weighted by Gasteiger charge is 2.08. The number of hydrogen-bond acceptors (Lipinski definition) is 2. The van der Waals surface area contributed by atoms with Gasteiger partial charge >= 0.3 is 5.69 Å². The van der Waals surface area contributed by atoms with Crippen molar-refractivity contribution >= 4 is 39.1 Å². The molecule has 0 radical (unpaired) electrons. The topological polar surface area (TPSA) is 77.8 Å². The van der Waals surface area contributed by atoms with Crippen LogP contribution < -0.4 is 11.0 Å². The molecule has 1 heterocycles. The van der Waals surface area contributed by atoms with Crippen LogP contribution in [0.2, 0.25) is 5.02 Å². The lowest BCUT2D eigenvalue weighted by molar-refractivity contribution is 0.102. The van der Waals surface area contributed by atoms with E-state index in [9.17, 15) is 9.59 Å². The van der Waals surface area contributed by atoms with Gasteiger partial charge < -0.3 is 15.3 Å². The minimum Gasteiger partial charge on any atom is -0.321 e. The normalized spacial score (nSPS) is 10.2. The van der Waals surface area contributed by atoms with Crippen LogP contribution in [0.25, 0.3) is 0 Å². The van der Waals surface area contributed by atoms with Crippen molar-refractivity contribution in [2.24, 2.45) is 0 Å². The lowest BCUT2D eigenvalue weighted by Crippen LogP contribution is -2.13. The Morgan fingerprint density at radius 2 is 2.18 bits per heavy atom. The number of imidazole rings is 1. The molecule has 0 spiro atoms. The molecule has 0 aliphatic heterocycles. The molecule has 1 amide bonds. The predicted molar refractivity (Wildman–Crippen MR) is 68.5 cm³/mol. The van der Waals surface area contributed by atoms with Crippen LogP contribution in [0.5, 0.6) is 0 Å². The van der Waals surface area contributed by atoms with E-state index in [-0.39, 0.29) is 5.69 Å². The van der Waals surface area contributed by atoms with Gasteiger partial charge in [0.2, 0.25) is 0 Å². The number of hydrogen-bond donors (Lipinski definition) is 3. The summed E-state index contributed by atoms with van der Waals surface area (Å²) in [7, 11) is 0. The zero-order valence-electron chi connectivity index (χ0n) is 8.38. The summed E-state index contributed by atoms with van der Waals surface area (Å²) in [5.74, 6) is -0.415. The summed E-state index contributed by atoms with van der Waals surface area (Å²) in [6, 6.07) is 5.02. The van der Waals surface area contributed by atoms with E-state index in [0.717, 1.165) is 4.47 Å². The third-order valence-corrected chi connectivity index (χ3v) is 3.25. The van der Waals surface area contributed by atoms with Gasteiger partial charge in [-0.15, -0.1) is 0 Å². The highest BCUT2D eigenvalue weighted by molar-refractivity contribution is 9.10. The zero-order chi connectivity index (χ0) is 12.4. The van der Waals surface area contributed by atoms with Crippen molar-refractivity contribution in [1.29, 1.82) is 0 Å². The zero-order valence-corrected chi connectivity index (χ0v) is 10.7. The number of nitrogens with one attached hydrogen (secondary N) is 3. The average Bonchev–Trinajstić information content (AvgIpc) is 2.70. The average molecular weight is 317 g/mol. The molecule has 0 aliphatic carbocycles. The van der Waals surface area contributed by atoms with E-state index in [2.05, 4.69) is 31.2 Å². The van der Waals surface area contributed by atoms with Crippen molar-refractivity contribution in [2.75, 3.05) is 5.32 Å². The Bertz CT molecular complexity index is 620. The minimum atomic E-state index is -0.427. The van der Waals surface area contributed by atoms with Gasteiger partial charge in [0.15, 0.2) is 0 Å². The van der Waals surface area contributed by atoms with Crippen LogP contribution in [0.1, 0.15) is 10.5 Å². The summed E-state index contributed by atoms with van der Waals surface area (Å²) in [5, 5.41) is 3.10. The van der Waals surface area contributed by atoms with Crippen molar-refractivity contribution in [2.45, 2.75) is 0 Å². The fraction of sp³-hybridized carbons (Fsp3) is 0. The van der Waals surface area contributed by atoms with Crippen LogP contribution in [0.3, 0.4) is 0 Å². The molecule has 0 aliphatic rings. The molecule has 0 fully saturated rings. The van der Waals surface area contributed by atoms with Crippen LogP contribution in [-0.4, -0.2) is 15.9 Å². The Morgan fingerprint density at radius 1 is 1.41 bits per heavy atom. The fourth-order valence-electron chi connectivity index (χ4n) is 1.23. The minimum absolute atomic E-state index is 0.161. The van der Waals surface area contributed by atoms with Crippen LogP contribution in [0, 0.1) is 0 Å². The van der Waals surface area contributed by atoms with Gasteiger partial charge in [-0.3, -0.25) is 4.79 Å². The van der Waals surface area contributed by atoms with Gasteiger partial charge in [-0.05, 0) is 34.1 Å². The first-order valence-corrected chi connectivity index (χ1v) is 5.77. The Kier molecular flexibility index (Phi) is 3.35. The van der Waals surface area contributed by atoms with Gasteiger partial charge in [-0.2, -0.15) is 0 Å². The second-order valence-electron chi connectivity index (χ2n) is 3.24. The summed E-state index contributed by atoms with van der Waals surface area (Å²) in [5.41, 5.74) is 0.281. The number of halogens is 2. The molecule has 2 aromatic rings. The first kappa shape index (κ1) is 11.9. The maximum Gasteiger partial charge on any atom is 0.323 e. The SMILES string of the molecule is O=C(Nc1ccc(Br)c(Cl)c1)c1c[nH]c(=O)[nH]1. The molecule has 0 atom stereocenters. The summed E-state index contributed by atoms with van der Waals surface area (Å²) in [6.45, 7) is 0. The monoisotopic (exact) mass is 315 g/mol. The second kappa shape index (κ2) is 4.77. The van der Waals surface area contributed by atoms with Crippen LogP contribution in [-0.2, 0) is 0 Å². The molecule has 3 N–H and O–H groups in total. The number of aromatic amines is 2. The molecule has 1 aromatic carbocycles. The van der Waals surface area contributed by atoms with Crippen LogP contribution >= 0.6 is 27.5 Å². The van der Waals surface area contributed by atoms with E-state index in [4.69, 9.17) is 11.6 Å². The highest BCUT2D eigenvalue weighted by Crippen LogP contribution is 2.25. The molecule has 0 bridgehead atoms. The number of H-pyrrole nitrogens is 2. The second-order valence-corrected chi connectivity index (χ2v) is 4.50. The first-order chi connectivity index (χ1) is 8.06. The van der Waals surface area contributed by atoms with Gasteiger partial charge in [0.05, 0.1) is 5.02 Å². The highest BCUT2D eigenvalue weighted by atomic mass is 79.9. The number of aromatic nitrogens is 2. The molecule has 0 unspecified atom stereocenters. The molecule has 17 heavy (non-hydrogen) atoms. The number of rotatable bonds is 2. The number of amides is 1. The van der Waals surface area contributed by atoms with Crippen LogP contribution in [0.15, 0.2) is 33.7 Å². The van der Waals surface area contributed by atoms with Gasteiger partial charge in [0.1, 0.15) is 5.69 Å². The quantitative estimate of drug-likeness (QED) is 0.795. The molecular weight excluding hydrogens is 309 g/mol. The van der Waals surface area contributed by atoms with Gasteiger partial charge in [-0.25, -0.2) is 4.79 Å². The predicted octanol–water partition coefficient (Wildman–Crippen LogP) is 2.37. The summed E-state index contributed by atoms with van der Waals surface area (Å²) in [4.78, 5) is 27.2. The summed E-state index contributed by atoms with van der Waals surface area (Å²) < 4.78 is 0.743. The molecule has 1 aromatic heterocycles. The van der Waals surface area contributed by atoms with E-state index < -0.39 is 11.6 Å². The van der Waals surface area contributed by atoms with Gasteiger partial charge in [0, 0.05) is 16.4 Å². The maximum absolute atomic E-state index is 11.7. The number of benzene rings is 1. The molecule has 0 saturated heterocycles. The molecular formula is C10H7BrClN3O2. The van der Waals surface area contributed by atoms with Crippen molar-refractivity contribution in [3.05, 3.63) is 50.1 Å². The molecule has 5 nitrogen and oxygen atoms in total. The molecule has 0 saturated carbocycles. The number of carbonyl (C=O) groups excluding carboxylic acids is 1. The molecule has 7 heteroatoms. The number of carbonyl (C=O) groups is 1. The number of anilines is 1. The lowest BCUT2D eigenvalue weighted by Gasteiger charge is -2.04. The summed E-state index contributed by atoms with van der Waals surface area (Å²) in [6.07, 6.45) is 1.30. The van der Waals surface area contributed by atoms with E-state index in [0.29, 0.717) is 10.7 Å². The van der Waals surface area contributed by atoms with E-state index in [1.165, 1.54) is 6.20 Å². The first-order valence-electron chi connectivity index (χ1n) is 4.60. The van der Waals surface area contributed by atoms with Gasteiger partial charge in [0.25, 0.3) is 5.91 Å². The summed E-state index contributed by atoms with van der Waals surface area (Å²) >= 11 is 9.13. The third-order valence-electron chi connectivity index (χ3n) is 2.02. The fourth-order valence-corrected chi connectivity index (χ4v) is 1.65. The van der Waals surface area contributed by atoms with E-state index in [1.54, 1.807) is 18.2 Å². The molecule has 88 valence electrons. The van der Waals surface area contributed by atoms with Crippen molar-refractivity contribution < 1.29 is 4.79 Å². The Hall–Kier alpha value is -1.53.